The lowest BCUT2D eigenvalue weighted by Gasteiger charge is -2.00. The van der Waals surface area contributed by atoms with Gasteiger partial charge in [0.05, 0.1) is 12.7 Å². The monoisotopic (exact) mass is 158 g/mol. The van der Waals surface area contributed by atoms with Crippen LogP contribution in [0.5, 0.6) is 0 Å². The Balaban J connectivity index is 1.66. The molecule has 0 bridgehead atoms. The van der Waals surface area contributed by atoms with Crippen LogP contribution in [0.3, 0.4) is 0 Å². The van der Waals surface area contributed by atoms with Crippen molar-refractivity contribution in [2.75, 3.05) is 19.8 Å². The molecule has 0 aliphatic carbocycles. The number of hydrogen-bond acceptors (Lipinski definition) is 2. The van der Waals surface area contributed by atoms with Gasteiger partial charge in [-0.05, 0) is 25.7 Å². The molecule has 0 aromatic carbocycles. The molecular formula is C9H18O2. The lowest BCUT2D eigenvalue weighted by Crippen LogP contribution is -1.96. The summed E-state index contributed by atoms with van der Waals surface area (Å²) in [6.45, 7) is 4.98. The Morgan fingerprint density at radius 2 is 2.18 bits per heavy atom. The van der Waals surface area contributed by atoms with E-state index in [0.29, 0.717) is 6.10 Å². The van der Waals surface area contributed by atoms with E-state index in [4.69, 9.17) is 9.47 Å². The fourth-order valence-electron chi connectivity index (χ4n) is 1.06. The van der Waals surface area contributed by atoms with E-state index < -0.39 is 0 Å². The lowest BCUT2D eigenvalue weighted by atomic mass is 10.2. The van der Waals surface area contributed by atoms with Crippen molar-refractivity contribution in [3.63, 3.8) is 0 Å². The van der Waals surface area contributed by atoms with Gasteiger partial charge < -0.3 is 9.47 Å². The van der Waals surface area contributed by atoms with Crippen LogP contribution in [0.4, 0.5) is 0 Å². The minimum absolute atomic E-state index is 0.598. The normalized spacial score (nSPS) is 22.1. The number of rotatable bonds is 7. The van der Waals surface area contributed by atoms with Crippen LogP contribution in [-0.4, -0.2) is 25.9 Å². The van der Waals surface area contributed by atoms with Crippen molar-refractivity contribution in [3.05, 3.63) is 0 Å². The largest absolute Gasteiger partial charge is 0.381 e. The molecule has 0 aromatic heterocycles. The van der Waals surface area contributed by atoms with Gasteiger partial charge in [-0.2, -0.15) is 0 Å². The first-order valence-electron chi connectivity index (χ1n) is 4.63. The van der Waals surface area contributed by atoms with E-state index in [1.54, 1.807) is 0 Å². The Hall–Kier alpha value is -0.0800. The first-order chi connectivity index (χ1) is 5.43. The molecule has 1 aliphatic rings. The molecule has 1 heterocycles. The van der Waals surface area contributed by atoms with Crippen molar-refractivity contribution in [3.8, 4) is 0 Å². The Kier molecular flexibility index (Phi) is 4.55. The predicted octanol–water partition coefficient (Wildman–Crippen LogP) is 1.98. The molecule has 0 spiro atoms. The van der Waals surface area contributed by atoms with E-state index in [-0.39, 0.29) is 0 Å². The van der Waals surface area contributed by atoms with Gasteiger partial charge in [-0.3, -0.25) is 0 Å². The van der Waals surface area contributed by atoms with Crippen molar-refractivity contribution in [2.45, 2.75) is 38.7 Å². The number of hydrogen-bond donors (Lipinski definition) is 0. The van der Waals surface area contributed by atoms with E-state index in [0.717, 1.165) is 26.2 Å². The van der Waals surface area contributed by atoms with Crippen molar-refractivity contribution in [1.82, 2.24) is 0 Å². The quantitative estimate of drug-likeness (QED) is 0.417. The molecule has 1 saturated heterocycles. The maximum atomic E-state index is 5.34. The molecule has 1 fully saturated rings. The molecule has 0 aromatic rings. The fourth-order valence-corrected chi connectivity index (χ4v) is 1.06. The topological polar surface area (TPSA) is 21.8 Å². The predicted molar refractivity (Wildman–Crippen MR) is 44.7 cm³/mol. The van der Waals surface area contributed by atoms with E-state index in [1.165, 1.54) is 19.3 Å². The van der Waals surface area contributed by atoms with E-state index in [1.807, 2.05) is 0 Å². The molecule has 66 valence electrons. The summed E-state index contributed by atoms with van der Waals surface area (Å²) in [6.07, 6.45) is 5.41. The van der Waals surface area contributed by atoms with Gasteiger partial charge in [0.25, 0.3) is 0 Å². The summed E-state index contributed by atoms with van der Waals surface area (Å²) in [5.74, 6) is 0. The van der Waals surface area contributed by atoms with E-state index >= 15 is 0 Å². The summed E-state index contributed by atoms with van der Waals surface area (Å²) >= 11 is 0. The lowest BCUT2D eigenvalue weighted by molar-refractivity contribution is 0.130. The minimum atomic E-state index is 0.598. The Morgan fingerprint density at radius 1 is 1.36 bits per heavy atom. The highest BCUT2D eigenvalue weighted by molar-refractivity contribution is 4.67. The average Bonchev–Trinajstić information content (AvgIpc) is 2.80. The zero-order chi connectivity index (χ0) is 7.94. The summed E-state index contributed by atoms with van der Waals surface area (Å²) in [5.41, 5.74) is 0. The van der Waals surface area contributed by atoms with Gasteiger partial charge in [-0.25, -0.2) is 0 Å². The van der Waals surface area contributed by atoms with Crippen LogP contribution in [0.1, 0.15) is 32.6 Å². The summed E-state index contributed by atoms with van der Waals surface area (Å²) in [7, 11) is 0. The average molecular weight is 158 g/mol. The van der Waals surface area contributed by atoms with Crippen molar-refractivity contribution in [2.24, 2.45) is 0 Å². The van der Waals surface area contributed by atoms with Crippen LogP contribution < -0.4 is 0 Å². The molecule has 0 amide bonds. The van der Waals surface area contributed by atoms with Crippen LogP contribution in [0.25, 0.3) is 0 Å². The molecule has 0 saturated carbocycles. The zero-order valence-electron chi connectivity index (χ0n) is 7.34. The highest BCUT2D eigenvalue weighted by Gasteiger charge is 2.20. The van der Waals surface area contributed by atoms with Gasteiger partial charge in [0.1, 0.15) is 0 Å². The first-order valence-corrected chi connectivity index (χ1v) is 4.63. The minimum Gasteiger partial charge on any atom is -0.381 e. The second-order valence-corrected chi connectivity index (χ2v) is 3.06. The Morgan fingerprint density at radius 3 is 2.82 bits per heavy atom. The maximum Gasteiger partial charge on any atom is 0.0810 e. The summed E-state index contributed by atoms with van der Waals surface area (Å²) < 4.78 is 10.4. The summed E-state index contributed by atoms with van der Waals surface area (Å²) in [4.78, 5) is 0. The molecule has 2 nitrogen and oxygen atoms in total. The van der Waals surface area contributed by atoms with Crippen LogP contribution >= 0.6 is 0 Å². The molecule has 2 heteroatoms. The number of unbranched alkanes of at least 4 members (excludes halogenated alkanes) is 1. The summed E-state index contributed by atoms with van der Waals surface area (Å²) in [6, 6.07) is 0. The number of epoxide rings is 1. The van der Waals surface area contributed by atoms with Crippen LogP contribution in [-0.2, 0) is 9.47 Å². The third kappa shape index (κ3) is 5.22. The third-order valence-electron chi connectivity index (χ3n) is 1.82. The summed E-state index contributed by atoms with van der Waals surface area (Å²) in [5, 5.41) is 0. The third-order valence-corrected chi connectivity index (χ3v) is 1.82. The molecule has 1 atom stereocenters. The van der Waals surface area contributed by atoms with Crippen LogP contribution in [0.2, 0.25) is 0 Å². The second-order valence-electron chi connectivity index (χ2n) is 3.06. The van der Waals surface area contributed by atoms with Crippen molar-refractivity contribution in [1.29, 1.82) is 0 Å². The van der Waals surface area contributed by atoms with Crippen molar-refractivity contribution >= 4 is 0 Å². The van der Waals surface area contributed by atoms with Gasteiger partial charge >= 0.3 is 0 Å². The van der Waals surface area contributed by atoms with Gasteiger partial charge in [-0.1, -0.05) is 6.92 Å². The number of ether oxygens (including phenoxy) is 2. The Bertz CT molecular complexity index is 89.6. The molecule has 0 radical (unpaired) electrons. The maximum absolute atomic E-state index is 5.34. The van der Waals surface area contributed by atoms with Gasteiger partial charge in [0.2, 0.25) is 0 Å². The molecule has 1 rings (SSSR count). The van der Waals surface area contributed by atoms with Gasteiger partial charge in [-0.15, -0.1) is 0 Å². The van der Waals surface area contributed by atoms with Gasteiger partial charge in [0.15, 0.2) is 0 Å². The van der Waals surface area contributed by atoms with E-state index in [9.17, 15) is 0 Å². The molecular weight excluding hydrogens is 140 g/mol. The first kappa shape index (κ1) is 9.01. The van der Waals surface area contributed by atoms with Gasteiger partial charge in [0, 0.05) is 13.2 Å². The smallest absolute Gasteiger partial charge is 0.0810 e. The molecule has 0 N–H and O–H groups in total. The zero-order valence-corrected chi connectivity index (χ0v) is 7.34. The molecule has 11 heavy (non-hydrogen) atoms. The van der Waals surface area contributed by atoms with Crippen LogP contribution in [0, 0.1) is 0 Å². The Labute approximate surface area is 68.9 Å². The van der Waals surface area contributed by atoms with Crippen LogP contribution in [0.15, 0.2) is 0 Å². The van der Waals surface area contributed by atoms with E-state index in [2.05, 4.69) is 6.92 Å². The fraction of sp³-hybridized carbons (Fsp3) is 1.00. The molecule has 1 aliphatic heterocycles. The standard InChI is InChI=1S/C9H18O2/c1-2-6-10-7-4-3-5-9-8-11-9/h9H,2-8H2,1H3. The SMILES string of the molecule is CCCOCCCCC1CO1. The molecule has 1 unspecified atom stereocenters. The van der Waals surface area contributed by atoms with Crippen molar-refractivity contribution < 1.29 is 9.47 Å². The highest BCUT2D eigenvalue weighted by atomic mass is 16.6. The highest BCUT2D eigenvalue weighted by Crippen LogP contribution is 2.16. The second kappa shape index (κ2) is 5.56.